The first-order valence-electron chi connectivity index (χ1n) is 13.1. The van der Waals surface area contributed by atoms with Gasteiger partial charge in [0.05, 0.1) is 28.7 Å². The Kier molecular flexibility index (Phi) is 7.07. The number of nitrogens with zero attached hydrogens (tertiary/aromatic N) is 6. The second-order valence-electron chi connectivity index (χ2n) is 11.2. The van der Waals surface area contributed by atoms with Gasteiger partial charge in [-0.1, -0.05) is 0 Å². The van der Waals surface area contributed by atoms with Crippen LogP contribution in [0.4, 0.5) is 10.5 Å². The molecule has 0 aliphatic carbocycles. The van der Waals surface area contributed by atoms with E-state index in [9.17, 15) is 4.79 Å². The number of methoxy groups -OCH3 is 1. The molecule has 4 aromatic rings. The van der Waals surface area contributed by atoms with Crippen LogP contribution in [0.5, 0.6) is 5.75 Å². The second-order valence-corrected chi connectivity index (χ2v) is 11.2. The van der Waals surface area contributed by atoms with Gasteiger partial charge in [-0.25, -0.2) is 14.8 Å². The second kappa shape index (κ2) is 10.3. The third-order valence-corrected chi connectivity index (χ3v) is 6.75. The lowest BCUT2D eigenvalue weighted by atomic mass is 10.1. The molecule has 3 heterocycles. The standard InChI is InChI=1S/C29H36N6O4/c1-18-14-34(15-19(2)35(18)28(36)39-29(3,4)5)22-8-9-24-20(10-22)13-30-27(31-24)23-11-21-16-33(6)32-25(21)12-26(23)38-17-37-7/h8-13,16,18-19H,14-15,17H2,1-7H3/t18-,19+. The van der Waals surface area contributed by atoms with E-state index in [0.717, 1.165) is 33.1 Å². The minimum absolute atomic E-state index is 0.00541. The molecule has 1 amide bonds. The van der Waals surface area contributed by atoms with Crippen molar-refractivity contribution >= 4 is 33.6 Å². The summed E-state index contributed by atoms with van der Waals surface area (Å²) in [5.74, 6) is 1.19. The highest BCUT2D eigenvalue weighted by atomic mass is 16.7. The molecule has 0 saturated carbocycles. The van der Waals surface area contributed by atoms with E-state index in [2.05, 4.69) is 36.0 Å². The monoisotopic (exact) mass is 532 g/mol. The van der Waals surface area contributed by atoms with Crippen molar-refractivity contribution in [3.8, 4) is 17.1 Å². The Morgan fingerprint density at radius 2 is 1.79 bits per heavy atom. The van der Waals surface area contributed by atoms with Gasteiger partial charge < -0.3 is 19.1 Å². The summed E-state index contributed by atoms with van der Waals surface area (Å²) in [6.45, 7) is 11.3. The number of benzene rings is 2. The number of ether oxygens (including phenoxy) is 3. The summed E-state index contributed by atoms with van der Waals surface area (Å²) in [6, 6.07) is 10.1. The molecule has 1 fully saturated rings. The molecule has 0 unspecified atom stereocenters. The number of hydrogen-bond donors (Lipinski definition) is 0. The number of amides is 1. The molecule has 206 valence electrons. The summed E-state index contributed by atoms with van der Waals surface area (Å²) in [4.78, 5) is 26.5. The Bertz CT molecular complexity index is 1500. The number of hydrogen-bond acceptors (Lipinski definition) is 8. The predicted octanol–water partition coefficient (Wildman–Crippen LogP) is 5.00. The molecule has 1 aliphatic rings. The van der Waals surface area contributed by atoms with E-state index in [1.54, 1.807) is 11.8 Å². The third-order valence-electron chi connectivity index (χ3n) is 6.75. The number of carbonyl (C=O) groups is 1. The minimum Gasteiger partial charge on any atom is -0.467 e. The lowest BCUT2D eigenvalue weighted by Crippen LogP contribution is -2.59. The summed E-state index contributed by atoms with van der Waals surface area (Å²) in [7, 11) is 3.47. The average Bonchev–Trinajstić information content (AvgIpc) is 3.23. The number of piperazine rings is 1. The first-order chi connectivity index (χ1) is 18.5. The highest BCUT2D eigenvalue weighted by Gasteiger charge is 2.35. The van der Waals surface area contributed by atoms with E-state index in [1.807, 2.05) is 63.3 Å². The molecule has 0 N–H and O–H groups in total. The van der Waals surface area contributed by atoms with Gasteiger partial charge in [0.2, 0.25) is 0 Å². The quantitative estimate of drug-likeness (QED) is 0.332. The van der Waals surface area contributed by atoms with Gasteiger partial charge in [0.15, 0.2) is 12.6 Å². The zero-order valence-corrected chi connectivity index (χ0v) is 23.6. The van der Waals surface area contributed by atoms with Crippen LogP contribution in [0, 0.1) is 0 Å². The largest absolute Gasteiger partial charge is 0.467 e. The fourth-order valence-electron chi connectivity index (χ4n) is 5.15. The molecule has 10 nitrogen and oxygen atoms in total. The number of fused-ring (bicyclic) bond motifs is 2. The van der Waals surface area contributed by atoms with Crippen LogP contribution >= 0.6 is 0 Å². The molecule has 39 heavy (non-hydrogen) atoms. The van der Waals surface area contributed by atoms with Crippen LogP contribution < -0.4 is 9.64 Å². The van der Waals surface area contributed by atoms with Gasteiger partial charge in [-0.3, -0.25) is 9.58 Å². The molecule has 0 spiro atoms. The minimum atomic E-state index is -0.523. The fraction of sp³-hybridized carbons (Fsp3) is 0.448. The van der Waals surface area contributed by atoms with Gasteiger partial charge >= 0.3 is 6.09 Å². The molecular weight excluding hydrogens is 496 g/mol. The molecule has 5 rings (SSSR count). The summed E-state index contributed by atoms with van der Waals surface area (Å²) < 4.78 is 18.4. The van der Waals surface area contributed by atoms with E-state index in [1.165, 1.54) is 0 Å². The van der Waals surface area contributed by atoms with Crippen LogP contribution in [-0.4, -0.2) is 75.4 Å². The molecule has 1 aliphatic heterocycles. The highest BCUT2D eigenvalue weighted by Crippen LogP contribution is 2.34. The molecule has 2 aromatic carbocycles. The van der Waals surface area contributed by atoms with Crippen LogP contribution in [0.25, 0.3) is 33.2 Å². The molecule has 0 radical (unpaired) electrons. The Labute approximate surface area is 228 Å². The first kappa shape index (κ1) is 26.7. The van der Waals surface area contributed by atoms with Crippen molar-refractivity contribution in [3.63, 3.8) is 0 Å². The lowest BCUT2D eigenvalue weighted by Gasteiger charge is -2.45. The van der Waals surface area contributed by atoms with Crippen LogP contribution in [-0.2, 0) is 16.5 Å². The Morgan fingerprint density at radius 1 is 1.05 bits per heavy atom. The smallest absolute Gasteiger partial charge is 0.410 e. The lowest BCUT2D eigenvalue weighted by molar-refractivity contribution is 0.00566. The number of aryl methyl sites for hydroxylation is 1. The number of carbonyl (C=O) groups excluding carboxylic acids is 1. The van der Waals surface area contributed by atoms with Gasteiger partial charge in [-0.05, 0) is 58.9 Å². The Hall–Kier alpha value is -3.92. The number of rotatable bonds is 5. The summed E-state index contributed by atoms with van der Waals surface area (Å²) >= 11 is 0. The van der Waals surface area contributed by atoms with Crippen LogP contribution in [0.3, 0.4) is 0 Å². The topological polar surface area (TPSA) is 94.8 Å². The molecule has 10 heteroatoms. The van der Waals surface area contributed by atoms with Crippen molar-refractivity contribution in [2.75, 3.05) is 31.9 Å². The van der Waals surface area contributed by atoms with Gasteiger partial charge in [0, 0.05) is 62.2 Å². The van der Waals surface area contributed by atoms with Crippen LogP contribution in [0.2, 0.25) is 0 Å². The average molecular weight is 533 g/mol. The maximum atomic E-state index is 12.8. The Morgan fingerprint density at radius 3 is 2.49 bits per heavy atom. The molecular formula is C29H36N6O4. The predicted molar refractivity (Wildman–Crippen MR) is 151 cm³/mol. The van der Waals surface area contributed by atoms with E-state index in [4.69, 9.17) is 24.2 Å². The number of aromatic nitrogens is 4. The van der Waals surface area contributed by atoms with Crippen molar-refractivity contribution in [2.45, 2.75) is 52.3 Å². The van der Waals surface area contributed by atoms with E-state index >= 15 is 0 Å². The van der Waals surface area contributed by atoms with E-state index < -0.39 is 5.60 Å². The first-order valence-corrected chi connectivity index (χ1v) is 13.1. The Balaban J connectivity index is 1.41. The number of anilines is 1. The van der Waals surface area contributed by atoms with Crippen molar-refractivity contribution in [3.05, 3.63) is 42.7 Å². The van der Waals surface area contributed by atoms with E-state index in [-0.39, 0.29) is 25.0 Å². The highest BCUT2D eigenvalue weighted by molar-refractivity contribution is 5.89. The SMILES string of the molecule is COCOc1cc2nn(C)cc2cc1-c1ncc2cc(N3C[C@@H](C)N(C(=O)OC(C)(C)C)[C@@H](C)C3)ccc2n1. The summed E-state index contributed by atoms with van der Waals surface area (Å²) in [5.41, 5.74) is 2.99. The van der Waals surface area contributed by atoms with Crippen molar-refractivity contribution in [1.82, 2.24) is 24.6 Å². The molecule has 2 atom stereocenters. The molecule has 0 bridgehead atoms. The van der Waals surface area contributed by atoms with Gasteiger partial charge in [-0.15, -0.1) is 0 Å². The van der Waals surface area contributed by atoms with E-state index in [0.29, 0.717) is 24.7 Å². The third kappa shape index (κ3) is 5.61. The van der Waals surface area contributed by atoms with Crippen LogP contribution in [0.15, 0.2) is 42.7 Å². The normalized spacial score (nSPS) is 18.1. The van der Waals surface area contributed by atoms with Crippen molar-refractivity contribution in [1.29, 1.82) is 0 Å². The van der Waals surface area contributed by atoms with Gasteiger partial charge in [0.1, 0.15) is 11.4 Å². The maximum absolute atomic E-state index is 12.8. The molecule has 1 saturated heterocycles. The van der Waals surface area contributed by atoms with Crippen molar-refractivity contribution < 1.29 is 19.0 Å². The zero-order valence-electron chi connectivity index (χ0n) is 23.6. The summed E-state index contributed by atoms with van der Waals surface area (Å²) in [6.07, 6.45) is 3.54. The zero-order chi connectivity index (χ0) is 27.9. The van der Waals surface area contributed by atoms with Crippen LogP contribution in [0.1, 0.15) is 34.6 Å². The summed E-state index contributed by atoms with van der Waals surface area (Å²) in [5, 5.41) is 6.40. The maximum Gasteiger partial charge on any atom is 0.410 e. The van der Waals surface area contributed by atoms with Gasteiger partial charge in [-0.2, -0.15) is 5.10 Å². The molecule has 2 aromatic heterocycles. The fourth-order valence-corrected chi connectivity index (χ4v) is 5.15. The van der Waals surface area contributed by atoms with Crippen molar-refractivity contribution in [2.24, 2.45) is 7.05 Å². The van der Waals surface area contributed by atoms with Gasteiger partial charge in [0.25, 0.3) is 0 Å².